The lowest BCUT2D eigenvalue weighted by Crippen LogP contribution is -2.39. The van der Waals surface area contributed by atoms with Crippen molar-refractivity contribution in [3.8, 4) is 11.5 Å². The Balaban J connectivity index is 1.85. The highest BCUT2D eigenvalue weighted by Gasteiger charge is 2.37. The summed E-state index contributed by atoms with van der Waals surface area (Å²) in [5.41, 5.74) is 3.33. The molecule has 0 bridgehead atoms. The zero-order chi connectivity index (χ0) is 15.3. The van der Waals surface area contributed by atoms with Crippen LogP contribution in [0.2, 0.25) is 0 Å². The van der Waals surface area contributed by atoms with Crippen LogP contribution in [0.15, 0.2) is 36.4 Å². The molecule has 0 saturated carbocycles. The van der Waals surface area contributed by atoms with E-state index in [2.05, 4.69) is 11.4 Å². The van der Waals surface area contributed by atoms with Crippen LogP contribution in [0.3, 0.4) is 0 Å². The molecular weight excluding hydrogens is 280 g/mol. The van der Waals surface area contributed by atoms with Gasteiger partial charge in [0, 0.05) is 18.3 Å². The van der Waals surface area contributed by atoms with Gasteiger partial charge in [-0.25, -0.2) is 0 Å². The van der Waals surface area contributed by atoms with E-state index in [4.69, 9.17) is 4.74 Å². The van der Waals surface area contributed by atoms with Crippen molar-refractivity contribution in [3.63, 3.8) is 0 Å². The van der Waals surface area contributed by atoms with Crippen molar-refractivity contribution in [2.45, 2.75) is 12.5 Å². The molecule has 22 heavy (non-hydrogen) atoms. The number of fused-ring (bicyclic) bond motifs is 4. The number of phenolic OH excluding ortho intramolecular Hbond substituents is 1. The standard InChI is InChI=1S/C17H16N2O3/c1-22-16-7-12-13(8-15(16)20)18-9-11-6-10-4-2-3-5-14(10)19(11)17(12)21/h2-5,7-8,11,18,20H,6,9H2,1H3. The number of hydrogen-bond acceptors (Lipinski definition) is 4. The number of anilines is 2. The second-order valence-electron chi connectivity index (χ2n) is 5.61. The largest absolute Gasteiger partial charge is 0.504 e. The van der Waals surface area contributed by atoms with Crippen LogP contribution < -0.4 is 15.0 Å². The number of para-hydroxylation sites is 1. The van der Waals surface area contributed by atoms with Gasteiger partial charge < -0.3 is 20.1 Å². The molecule has 112 valence electrons. The van der Waals surface area contributed by atoms with Gasteiger partial charge in [-0.1, -0.05) is 18.2 Å². The summed E-state index contributed by atoms with van der Waals surface area (Å²) in [7, 11) is 1.48. The van der Waals surface area contributed by atoms with Gasteiger partial charge in [0.2, 0.25) is 0 Å². The van der Waals surface area contributed by atoms with Gasteiger partial charge in [0.25, 0.3) is 5.91 Å². The lowest BCUT2D eigenvalue weighted by molar-refractivity contribution is 0.0983. The van der Waals surface area contributed by atoms with Crippen LogP contribution in [0.25, 0.3) is 0 Å². The molecule has 2 aliphatic rings. The van der Waals surface area contributed by atoms with Gasteiger partial charge in [0.05, 0.1) is 24.4 Å². The van der Waals surface area contributed by atoms with Crippen molar-refractivity contribution >= 4 is 17.3 Å². The molecule has 0 fully saturated rings. The van der Waals surface area contributed by atoms with Crippen molar-refractivity contribution in [1.29, 1.82) is 0 Å². The summed E-state index contributed by atoms with van der Waals surface area (Å²) in [5, 5.41) is 13.2. The van der Waals surface area contributed by atoms with Crippen molar-refractivity contribution in [3.05, 3.63) is 47.5 Å². The Hall–Kier alpha value is -2.69. The van der Waals surface area contributed by atoms with E-state index in [9.17, 15) is 9.90 Å². The third-order valence-corrected chi connectivity index (χ3v) is 4.37. The molecular formula is C17H16N2O3. The number of benzene rings is 2. The zero-order valence-electron chi connectivity index (χ0n) is 12.2. The molecule has 0 aliphatic carbocycles. The Labute approximate surface area is 128 Å². The molecule has 1 atom stereocenters. The number of carbonyl (C=O) groups is 1. The van der Waals surface area contributed by atoms with Crippen LogP contribution in [0.5, 0.6) is 11.5 Å². The average Bonchev–Trinajstić information content (AvgIpc) is 2.84. The Morgan fingerprint density at radius 2 is 2.14 bits per heavy atom. The van der Waals surface area contributed by atoms with E-state index >= 15 is 0 Å². The number of amides is 1. The van der Waals surface area contributed by atoms with E-state index in [0.29, 0.717) is 23.5 Å². The third kappa shape index (κ3) is 1.75. The first-order chi connectivity index (χ1) is 10.7. The van der Waals surface area contributed by atoms with E-state index in [-0.39, 0.29) is 17.7 Å². The van der Waals surface area contributed by atoms with E-state index in [0.717, 1.165) is 12.1 Å². The molecule has 0 radical (unpaired) electrons. The molecule has 0 saturated heterocycles. The van der Waals surface area contributed by atoms with Gasteiger partial charge in [-0.2, -0.15) is 0 Å². The summed E-state index contributed by atoms with van der Waals surface area (Å²) < 4.78 is 5.13. The molecule has 2 aliphatic heterocycles. The summed E-state index contributed by atoms with van der Waals surface area (Å²) in [4.78, 5) is 14.9. The molecule has 0 aromatic heterocycles. The normalized spacial score (nSPS) is 18.9. The first-order valence-electron chi connectivity index (χ1n) is 7.25. The van der Waals surface area contributed by atoms with Gasteiger partial charge in [-0.3, -0.25) is 4.79 Å². The second-order valence-corrected chi connectivity index (χ2v) is 5.61. The number of phenols is 1. The Morgan fingerprint density at radius 1 is 1.32 bits per heavy atom. The van der Waals surface area contributed by atoms with Crippen molar-refractivity contribution in [2.75, 3.05) is 23.9 Å². The van der Waals surface area contributed by atoms with Crippen LogP contribution in [-0.4, -0.2) is 30.7 Å². The van der Waals surface area contributed by atoms with Gasteiger partial charge in [-0.15, -0.1) is 0 Å². The fraction of sp³-hybridized carbons (Fsp3) is 0.235. The minimum absolute atomic E-state index is 0.0315. The van der Waals surface area contributed by atoms with Gasteiger partial charge >= 0.3 is 0 Å². The van der Waals surface area contributed by atoms with Crippen molar-refractivity contribution in [1.82, 2.24) is 0 Å². The maximum Gasteiger partial charge on any atom is 0.260 e. The molecule has 1 amide bonds. The summed E-state index contributed by atoms with van der Waals surface area (Å²) in [5.74, 6) is 0.275. The number of ether oxygens (including phenoxy) is 1. The highest BCUT2D eigenvalue weighted by molar-refractivity contribution is 6.12. The quantitative estimate of drug-likeness (QED) is 0.848. The molecule has 2 N–H and O–H groups in total. The third-order valence-electron chi connectivity index (χ3n) is 4.37. The smallest absolute Gasteiger partial charge is 0.260 e. The predicted octanol–water partition coefficient (Wildman–Crippen LogP) is 2.40. The molecule has 0 spiro atoms. The van der Waals surface area contributed by atoms with E-state index < -0.39 is 0 Å². The number of nitrogens with one attached hydrogen (secondary N) is 1. The first kappa shape index (κ1) is 13.0. The number of aromatic hydroxyl groups is 1. The molecule has 5 nitrogen and oxygen atoms in total. The highest BCUT2D eigenvalue weighted by atomic mass is 16.5. The fourth-order valence-electron chi connectivity index (χ4n) is 3.31. The number of hydrogen-bond donors (Lipinski definition) is 2. The van der Waals surface area contributed by atoms with Gasteiger partial charge in [-0.05, 0) is 24.1 Å². The van der Waals surface area contributed by atoms with E-state index in [1.807, 2.05) is 23.1 Å². The Kier molecular flexibility index (Phi) is 2.76. The lowest BCUT2D eigenvalue weighted by Gasteiger charge is -2.22. The van der Waals surface area contributed by atoms with Crippen LogP contribution in [-0.2, 0) is 6.42 Å². The molecule has 2 heterocycles. The maximum atomic E-state index is 13.0. The molecule has 2 aromatic carbocycles. The Bertz CT molecular complexity index is 772. The van der Waals surface area contributed by atoms with E-state index in [1.54, 1.807) is 12.1 Å². The average molecular weight is 296 g/mol. The summed E-state index contributed by atoms with van der Waals surface area (Å²) >= 11 is 0. The minimum atomic E-state index is -0.0618. The molecule has 2 aromatic rings. The second kappa shape index (κ2) is 4.66. The van der Waals surface area contributed by atoms with Crippen LogP contribution in [0.4, 0.5) is 11.4 Å². The minimum Gasteiger partial charge on any atom is -0.504 e. The molecule has 4 rings (SSSR count). The van der Waals surface area contributed by atoms with Crippen molar-refractivity contribution < 1.29 is 14.6 Å². The zero-order valence-corrected chi connectivity index (χ0v) is 12.2. The molecule has 1 unspecified atom stereocenters. The van der Waals surface area contributed by atoms with Crippen LogP contribution >= 0.6 is 0 Å². The number of nitrogens with zero attached hydrogens (tertiary/aromatic N) is 1. The summed E-state index contributed by atoms with van der Waals surface area (Å²) in [6.07, 6.45) is 0.839. The highest BCUT2D eigenvalue weighted by Crippen LogP contribution is 2.39. The van der Waals surface area contributed by atoms with Gasteiger partial charge in [0.15, 0.2) is 11.5 Å². The monoisotopic (exact) mass is 296 g/mol. The first-order valence-corrected chi connectivity index (χ1v) is 7.25. The number of rotatable bonds is 1. The van der Waals surface area contributed by atoms with E-state index in [1.165, 1.54) is 12.7 Å². The topological polar surface area (TPSA) is 61.8 Å². The summed E-state index contributed by atoms with van der Waals surface area (Å²) in [6, 6.07) is 11.2. The van der Waals surface area contributed by atoms with Crippen LogP contribution in [0, 0.1) is 0 Å². The summed E-state index contributed by atoms with van der Waals surface area (Å²) in [6.45, 7) is 0.652. The Morgan fingerprint density at radius 3 is 2.95 bits per heavy atom. The number of carbonyl (C=O) groups excluding carboxylic acids is 1. The fourth-order valence-corrected chi connectivity index (χ4v) is 3.31. The SMILES string of the molecule is COc1cc2c(cc1O)NCC1Cc3ccccc3N1C2=O. The van der Waals surface area contributed by atoms with Gasteiger partial charge in [0.1, 0.15) is 0 Å². The van der Waals surface area contributed by atoms with Crippen LogP contribution in [0.1, 0.15) is 15.9 Å². The maximum absolute atomic E-state index is 13.0. The number of methoxy groups -OCH3 is 1. The lowest BCUT2D eigenvalue weighted by atomic mass is 10.1. The van der Waals surface area contributed by atoms with Crippen molar-refractivity contribution in [2.24, 2.45) is 0 Å². The molecule has 5 heteroatoms. The predicted molar refractivity (Wildman–Crippen MR) is 83.9 cm³/mol.